The topological polar surface area (TPSA) is 93.1 Å². The third kappa shape index (κ3) is 5.28. The standard InChI is InChI=1S/C22H18Br2N2O4/c23-21(16-9-5-2-6-10-16)22(24)18-13-17(12-11-15-7-3-1-4-8-15)19(25(27)28)14-20(18)26(29)30/h1-14,21-22,29-30H/q-2/t21-,22+/m0/s1. The second-order valence-electron chi connectivity index (χ2n) is 6.47. The molecule has 8 heteroatoms. The van der Waals surface area contributed by atoms with Gasteiger partial charge in [0.2, 0.25) is 0 Å². The van der Waals surface area contributed by atoms with Gasteiger partial charge in [-0.25, -0.2) is 0 Å². The molecule has 2 N–H and O–H groups in total. The Balaban J connectivity index is 2.08. The Bertz CT molecular complexity index is 999. The van der Waals surface area contributed by atoms with Gasteiger partial charge in [-0.15, -0.1) is 5.23 Å². The van der Waals surface area contributed by atoms with Crippen LogP contribution in [-0.2, 0) is 0 Å². The minimum atomic E-state index is -0.548. The predicted molar refractivity (Wildman–Crippen MR) is 127 cm³/mol. The number of rotatable bonds is 7. The third-order valence-corrected chi connectivity index (χ3v) is 7.30. The van der Waals surface area contributed by atoms with Crippen molar-refractivity contribution in [2.45, 2.75) is 9.65 Å². The summed E-state index contributed by atoms with van der Waals surface area (Å²) in [7, 11) is 0. The molecule has 3 aromatic rings. The SMILES string of the molecule is [O-]N([O-])c1cc(N(O)O)c([C@@H](Br)[C@@H](Br)c2ccccc2)cc1C=Cc1ccccc1. The van der Waals surface area contributed by atoms with Gasteiger partial charge in [-0.05, 0) is 34.4 Å². The van der Waals surface area contributed by atoms with Gasteiger partial charge in [0.15, 0.2) is 0 Å². The number of benzene rings is 3. The van der Waals surface area contributed by atoms with Crippen LogP contribution in [0.4, 0.5) is 11.4 Å². The normalized spacial score (nSPS) is 13.3. The van der Waals surface area contributed by atoms with Crippen LogP contribution < -0.4 is 10.5 Å². The lowest BCUT2D eigenvalue weighted by atomic mass is 9.98. The van der Waals surface area contributed by atoms with E-state index in [-0.39, 0.29) is 21.4 Å². The Morgan fingerprint density at radius 1 is 0.767 bits per heavy atom. The molecule has 30 heavy (non-hydrogen) atoms. The maximum atomic E-state index is 11.6. The van der Waals surface area contributed by atoms with Crippen LogP contribution in [0.25, 0.3) is 12.2 Å². The molecule has 0 unspecified atom stereocenters. The molecule has 156 valence electrons. The summed E-state index contributed by atoms with van der Waals surface area (Å²) in [5.74, 6) is 0. The van der Waals surface area contributed by atoms with E-state index in [2.05, 4.69) is 31.9 Å². The van der Waals surface area contributed by atoms with Gasteiger partial charge in [0.1, 0.15) is 5.69 Å². The minimum absolute atomic E-state index is 0.0826. The third-order valence-electron chi connectivity index (χ3n) is 4.52. The van der Waals surface area contributed by atoms with E-state index in [1.807, 2.05) is 60.7 Å². The fraction of sp³-hybridized carbons (Fsp3) is 0.0909. The molecule has 0 aliphatic rings. The first kappa shape index (κ1) is 22.5. The van der Waals surface area contributed by atoms with Crippen LogP contribution in [-0.4, -0.2) is 10.4 Å². The van der Waals surface area contributed by atoms with Crippen LogP contribution in [0, 0.1) is 10.4 Å². The van der Waals surface area contributed by atoms with E-state index in [0.29, 0.717) is 11.1 Å². The van der Waals surface area contributed by atoms with E-state index in [4.69, 9.17) is 0 Å². The van der Waals surface area contributed by atoms with Crippen LogP contribution in [0.2, 0.25) is 0 Å². The van der Waals surface area contributed by atoms with Crippen molar-refractivity contribution in [3.05, 3.63) is 105 Å². The van der Waals surface area contributed by atoms with Gasteiger partial charge in [-0.3, -0.25) is 10.4 Å². The van der Waals surface area contributed by atoms with Gasteiger partial charge < -0.3 is 15.6 Å². The van der Waals surface area contributed by atoms with Gasteiger partial charge in [0, 0.05) is 5.69 Å². The molecule has 0 saturated carbocycles. The van der Waals surface area contributed by atoms with Crippen LogP contribution in [0.5, 0.6) is 0 Å². The lowest BCUT2D eigenvalue weighted by Gasteiger charge is -2.39. The molecule has 3 aromatic carbocycles. The van der Waals surface area contributed by atoms with Gasteiger partial charge in [-0.1, -0.05) is 105 Å². The molecular weight excluding hydrogens is 516 g/mol. The summed E-state index contributed by atoms with van der Waals surface area (Å²) in [4.78, 5) is -0.619. The molecule has 0 heterocycles. The summed E-state index contributed by atoms with van der Waals surface area (Å²) in [6.07, 6.45) is 3.42. The zero-order valence-corrected chi connectivity index (χ0v) is 18.8. The molecule has 0 saturated heterocycles. The fourth-order valence-electron chi connectivity index (χ4n) is 3.01. The van der Waals surface area contributed by atoms with E-state index < -0.39 is 10.1 Å². The maximum Gasteiger partial charge on any atom is 0.101 e. The average Bonchev–Trinajstić information content (AvgIpc) is 2.77. The van der Waals surface area contributed by atoms with Crippen LogP contribution in [0.15, 0.2) is 72.8 Å². The Hall–Kier alpha value is -2.20. The quantitative estimate of drug-likeness (QED) is 0.197. The first-order valence-corrected chi connectivity index (χ1v) is 10.8. The van der Waals surface area contributed by atoms with Gasteiger partial charge in [0.05, 0.1) is 9.65 Å². The molecule has 0 amide bonds. The maximum absolute atomic E-state index is 11.6. The largest absolute Gasteiger partial charge is 0.769 e. The molecule has 0 bridgehead atoms. The summed E-state index contributed by atoms with van der Waals surface area (Å²) >= 11 is 7.25. The van der Waals surface area contributed by atoms with E-state index in [9.17, 15) is 20.8 Å². The second-order valence-corrected chi connectivity index (χ2v) is 8.45. The molecule has 0 aromatic heterocycles. The van der Waals surface area contributed by atoms with Crippen molar-refractivity contribution in [3.8, 4) is 0 Å². The zero-order chi connectivity index (χ0) is 21.7. The number of hydrogen-bond donors (Lipinski definition) is 2. The van der Waals surface area contributed by atoms with Crippen molar-refractivity contribution in [3.63, 3.8) is 0 Å². The summed E-state index contributed by atoms with van der Waals surface area (Å²) < 4.78 is 0. The predicted octanol–water partition coefficient (Wildman–Crippen LogP) is 6.82. The summed E-state index contributed by atoms with van der Waals surface area (Å²) in [5, 5.41) is 42.0. The lowest BCUT2D eigenvalue weighted by Crippen LogP contribution is -2.17. The lowest BCUT2D eigenvalue weighted by molar-refractivity contribution is 0.0287. The summed E-state index contributed by atoms with van der Waals surface area (Å²) in [6, 6.07) is 21.7. The number of nitrogens with zero attached hydrogens (tertiary/aromatic N) is 2. The highest BCUT2D eigenvalue weighted by Gasteiger charge is 2.25. The van der Waals surface area contributed by atoms with Crippen molar-refractivity contribution in [1.82, 2.24) is 0 Å². The van der Waals surface area contributed by atoms with E-state index >= 15 is 0 Å². The van der Waals surface area contributed by atoms with Crippen molar-refractivity contribution >= 4 is 55.4 Å². The Labute approximate surface area is 191 Å². The van der Waals surface area contributed by atoms with Gasteiger partial charge in [0.25, 0.3) is 0 Å². The molecule has 0 fully saturated rings. The molecule has 0 radical (unpaired) electrons. The fourth-order valence-corrected chi connectivity index (χ4v) is 4.27. The molecule has 0 aliphatic carbocycles. The smallest absolute Gasteiger partial charge is 0.101 e. The molecular formula is C22H18Br2N2O4-2. The Morgan fingerprint density at radius 3 is 1.93 bits per heavy atom. The minimum Gasteiger partial charge on any atom is -0.769 e. The molecule has 3 rings (SSSR count). The van der Waals surface area contributed by atoms with Crippen LogP contribution in [0.3, 0.4) is 0 Å². The highest BCUT2D eigenvalue weighted by molar-refractivity contribution is 9.12. The van der Waals surface area contributed by atoms with Crippen molar-refractivity contribution in [2.24, 2.45) is 0 Å². The molecule has 6 nitrogen and oxygen atoms in total. The van der Waals surface area contributed by atoms with Gasteiger partial charge in [-0.2, -0.15) is 0 Å². The van der Waals surface area contributed by atoms with Crippen LogP contribution in [0.1, 0.15) is 31.9 Å². The Morgan fingerprint density at radius 2 is 1.37 bits per heavy atom. The average molecular weight is 534 g/mol. The monoisotopic (exact) mass is 532 g/mol. The number of hydrogen-bond acceptors (Lipinski definition) is 6. The first-order chi connectivity index (χ1) is 14.4. The number of halogens is 2. The first-order valence-electron chi connectivity index (χ1n) is 8.95. The van der Waals surface area contributed by atoms with Crippen molar-refractivity contribution in [2.75, 3.05) is 10.5 Å². The van der Waals surface area contributed by atoms with E-state index in [1.54, 1.807) is 18.2 Å². The number of anilines is 2. The molecule has 0 aliphatic heterocycles. The van der Waals surface area contributed by atoms with E-state index in [0.717, 1.165) is 17.2 Å². The van der Waals surface area contributed by atoms with Crippen LogP contribution >= 0.6 is 31.9 Å². The van der Waals surface area contributed by atoms with Crippen molar-refractivity contribution in [1.29, 1.82) is 0 Å². The Kier molecular flexibility index (Phi) is 7.65. The zero-order valence-electron chi connectivity index (χ0n) is 15.6. The molecule has 2 atom stereocenters. The molecule has 0 spiro atoms. The highest BCUT2D eigenvalue weighted by atomic mass is 79.9. The summed E-state index contributed by atoms with van der Waals surface area (Å²) in [5.41, 5.74) is 2.36. The second kappa shape index (κ2) is 10.2. The van der Waals surface area contributed by atoms with E-state index in [1.165, 1.54) is 0 Å². The summed E-state index contributed by atoms with van der Waals surface area (Å²) in [6.45, 7) is 0. The number of alkyl halides is 2. The van der Waals surface area contributed by atoms with Gasteiger partial charge >= 0.3 is 0 Å². The highest BCUT2D eigenvalue weighted by Crippen LogP contribution is 2.47. The van der Waals surface area contributed by atoms with Crippen molar-refractivity contribution < 1.29 is 10.4 Å².